The second-order valence-corrected chi connectivity index (χ2v) is 6.15. The minimum absolute atomic E-state index is 0.615. The van der Waals surface area contributed by atoms with E-state index in [1.165, 1.54) is 31.5 Å². The van der Waals surface area contributed by atoms with E-state index in [1.54, 1.807) is 0 Å². The van der Waals surface area contributed by atoms with Crippen molar-refractivity contribution in [3.63, 3.8) is 0 Å². The van der Waals surface area contributed by atoms with E-state index < -0.39 is 0 Å². The summed E-state index contributed by atoms with van der Waals surface area (Å²) in [7, 11) is 1.94. The summed E-state index contributed by atoms with van der Waals surface area (Å²) < 4.78 is 1.84. The zero-order valence-electron chi connectivity index (χ0n) is 13.3. The van der Waals surface area contributed by atoms with Crippen LogP contribution in [0.3, 0.4) is 0 Å². The molecule has 5 nitrogen and oxygen atoms in total. The first-order valence-electron chi connectivity index (χ1n) is 7.88. The Morgan fingerprint density at radius 3 is 2.86 bits per heavy atom. The molecule has 1 saturated heterocycles. The number of hydrogen-bond acceptors (Lipinski definition) is 4. The third kappa shape index (κ3) is 3.09. The summed E-state index contributed by atoms with van der Waals surface area (Å²) in [5.74, 6) is 0. The first-order valence-corrected chi connectivity index (χ1v) is 7.88. The monoisotopic (exact) mass is 287 g/mol. The van der Waals surface area contributed by atoms with Crippen molar-refractivity contribution < 1.29 is 0 Å². The molecule has 1 unspecified atom stereocenters. The van der Waals surface area contributed by atoms with Crippen molar-refractivity contribution in [2.45, 2.75) is 39.3 Å². The van der Waals surface area contributed by atoms with Gasteiger partial charge in [-0.15, -0.1) is 0 Å². The van der Waals surface area contributed by atoms with Gasteiger partial charge < -0.3 is 5.32 Å². The standard InChI is InChI=1S/C16H25N5/c1-12(21-6-4-5-7-21)9-17-10-14-8-15-13(2)19-20(3)16(15)18-11-14/h8,11-12,17H,4-7,9-10H2,1-3H3. The number of aryl methyl sites for hydroxylation is 2. The molecule has 0 amide bonds. The lowest BCUT2D eigenvalue weighted by atomic mass is 10.2. The average molecular weight is 287 g/mol. The molecule has 1 N–H and O–H groups in total. The zero-order valence-corrected chi connectivity index (χ0v) is 13.3. The highest BCUT2D eigenvalue weighted by Crippen LogP contribution is 2.16. The Morgan fingerprint density at radius 1 is 1.33 bits per heavy atom. The predicted octanol–water partition coefficient (Wildman–Crippen LogP) is 1.85. The lowest BCUT2D eigenvalue weighted by Gasteiger charge is -2.23. The van der Waals surface area contributed by atoms with Crippen LogP contribution < -0.4 is 5.32 Å². The third-order valence-electron chi connectivity index (χ3n) is 4.45. The number of nitrogens with one attached hydrogen (secondary N) is 1. The van der Waals surface area contributed by atoms with E-state index in [-0.39, 0.29) is 0 Å². The molecule has 2 aromatic rings. The van der Waals surface area contributed by atoms with Crippen LogP contribution in [0.2, 0.25) is 0 Å². The molecule has 2 aromatic heterocycles. The fourth-order valence-electron chi connectivity index (χ4n) is 3.18. The summed E-state index contributed by atoms with van der Waals surface area (Å²) in [6, 6.07) is 2.82. The van der Waals surface area contributed by atoms with Gasteiger partial charge in [0.1, 0.15) is 0 Å². The number of likely N-dealkylation sites (tertiary alicyclic amines) is 1. The van der Waals surface area contributed by atoms with Crippen LogP contribution in [0.15, 0.2) is 12.3 Å². The van der Waals surface area contributed by atoms with Crippen molar-refractivity contribution in [1.29, 1.82) is 0 Å². The fraction of sp³-hybridized carbons (Fsp3) is 0.625. The van der Waals surface area contributed by atoms with Gasteiger partial charge in [-0.25, -0.2) is 4.98 Å². The fourth-order valence-corrected chi connectivity index (χ4v) is 3.18. The molecule has 3 heterocycles. The van der Waals surface area contributed by atoms with Gasteiger partial charge in [-0.1, -0.05) is 0 Å². The molecule has 21 heavy (non-hydrogen) atoms. The molecule has 1 atom stereocenters. The minimum atomic E-state index is 0.615. The average Bonchev–Trinajstić information content (AvgIpc) is 3.09. The molecule has 3 rings (SSSR count). The summed E-state index contributed by atoms with van der Waals surface area (Å²) in [5.41, 5.74) is 3.24. The molecule has 0 bridgehead atoms. The minimum Gasteiger partial charge on any atom is -0.311 e. The maximum atomic E-state index is 4.53. The molecule has 1 aliphatic rings. The predicted molar refractivity (Wildman–Crippen MR) is 85.2 cm³/mol. The van der Waals surface area contributed by atoms with Gasteiger partial charge in [0.05, 0.1) is 5.69 Å². The van der Waals surface area contributed by atoms with Crippen molar-refractivity contribution in [2.75, 3.05) is 19.6 Å². The molecule has 0 aromatic carbocycles. The summed E-state index contributed by atoms with van der Waals surface area (Å²) >= 11 is 0. The highest BCUT2D eigenvalue weighted by molar-refractivity contribution is 5.78. The normalized spacial score (nSPS) is 17.7. The van der Waals surface area contributed by atoms with Crippen molar-refractivity contribution in [3.8, 4) is 0 Å². The Labute approximate surface area is 126 Å². The first kappa shape index (κ1) is 14.5. The molecule has 0 spiro atoms. The molecular weight excluding hydrogens is 262 g/mol. The molecule has 0 aliphatic carbocycles. The molecular formula is C16H25N5. The Kier molecular flexibility index (Phi) is 4.22. The SMILES string of the molecule is Cc1nn(C)c2ncc(CNCC(C)N3CCCC3)cc12. The number of fused-ring (bicyclic) bond motifs is 1. The Balaban J connectivity index is 1.59. The van der Waals surface area contributed by atoms with Crippen LogP contribution in [0.5, 0.6) is 0 Å². The molecule has 5 heteroatoms. The van der Waals surface area contributed by atoms with Crippen LogP contribution in [-0.4, -0.2) is 45.3 Å². The molecule has 0 saturated carbocycles. The van der Waals surface area contributed by atoms with Crippen LogP contribution in [0, 0.1) is 6.92 Å². The number of nitrogens with zero attached hydrogens (tertiary/aromatic N) is 4. The van der Waals surface area contributed by atoms with Crippen LogP contribution in [0.4, 0.5) is 0 Å². The third-order valence-corrected chi connectivity index (χ3v) is 4.45. The Hall–Kier alpha value is -1.46. The largest absolute Gasteiger partial charge is 0.311 e. The molecule has 1 fully saturated rings. The van der Waals surface area contributed by atoms with E-state index >= 15 is 0 Å². The van der Waals surface area contributed by atoms with E-state index in [9.17, 15) is 0 Å². The zero-order chi connectivity index (χ0) is 14.8. The molecule has 0 radical (unpaired) electrons. The highest BCUT2D eigenvalue weighted by atomic mass is 15.3. The second-order valence-electron chi connectivity index (χ2n) is 6.15. The first-order chi connectivity index (χ1) is 10.1. The summed E-state index contributed by atoms with van der Waals surface area (Å²) in [6.45, 7) is 8.76. The van der Waals surface area contributed by atoms with E-state index in [4.69, 9.17) is 0 Å². The number of pyridine rings is 1. The summed E-state index contributed by atoms with van der Waals surface area (Å²) in [4.78, 5) is 7.10. The second kappa shape index (κ2) is 6.12. The Morgan fingerprint density at radius 2 is 2.10 bits per heavy atom. The smallest absolute Gasteiger partial charge is 0.157 e. The topological polar surface area (TPSA) is 46.0 Å². The van der Waals surface area contributed by atoms with Gasteiger partial charge in [0.25, 0.3) is 0 Å². The van der Waals surface area contributed by atoms with Crippen molar-refractivity contribution in [3.05, 3.63) is 23.5 Å². The quantitative estimate of drug-likeness (QED) is 0.911. The van der Waals surface area contributed by atoms with E-state index in [1.807, 2.05) is 24.9 Å². The van der Waals surface area contributed by atoms with Crippen LogP contribution in [0.25, 0.3) is 11.0 Å². The van der Waals surface area contributed by atoms with Gasteiger partial charge in [0, 0.05) is 37.8 Å². The highest BCUT2D eigenvalue weighted by Gasteiger charge is 2.17. The van der Waals surface area contributed by atoms with E-state index in [0.29, 0.717) is 6.04 Å². The lowest BCUT2D eigenvalue weighted by molar-refractivity contribution is 0.251. The van der Waals surface area contributed by atoms with Crippen molar-refractivity contribution in [2.24, 2.45) is 7.05 Å². The van der Waals surface area contributed by atoms with Gasteiger partial charge in [0.2, 0.25) is 0 Å². The van der Waals surface area contributed by atoms with Crippen molar-refractivity contribution >= 4 is 11.0 Å². The van der Waals surface area contributed by atoms with Crippen LogP contribution in [-0.2, 0) is 13.6 Å². The lowest BCUT2D eigenvalue weighted by Crippen LogP contribution is -2.38. The summed E-state index contributed by atoms with van der Waals surface area (Å²) in [6.07, 6.45) is 4.66. The van der Waals surface area contributed by atoms with Gasteiger partial charge >= 0.3 is 0 Å². The van der Waals surface area contributed by atoms with E-state index in [0.717, 1.165) is 29.8 Å². The number of aromatic nitrogens is 3. The van der Waals surface area contributed by atoms with E-state index in [2.05, 4.69) is 33.3 Å². The van der Waals surface area contributed by atoms with Crippen LogP contribution >= 0.6 is 0 Å². The summed E-state index contributed by atoms with van der Waals surface area (Å²) in [5, 5.41) is 9.14. The maximum Gasteiger partial charge on any atom is 0.157 e. The van der Waals surface area contributed by atoms with Gasteiger partial charge in [-0.2, -0.15) is 5.10 Å². The van der Waals surface area contributed by atoms with Crippen molar-refractivity contribution in [1.82, 2.24) is 25.0 Å². The van der Waals surface area contributed by atoms with Crippen LogP contribution in [0.1, 0.15) is 31.0 Å². The van der Waals surface area contributed by atoms with Gasteiger partial charge in [-0.3, -0.25) is 9.58 Å². The molecule has 1 aliphatic heterocycles. The Bertz CT molecular complexity index is 612. The maximum absolute atomic E-state index is 4.53. The van der Waals surface area contributed by atoms with Gasteiger partial charge in [-0.05, 0) is 51.4 Å². The number of hydrogen-bond donors (Lipinski definition) is 1. The molecule has 114 valence electrons. The number of rotatable bonds is 5. The van der Waals surface area contributed by atoms with Gasteiger partial charge in [0.15, 0.2) is 5.65 Å².